The van der Waals surface area contributed by atoms with Gasteiger partial charge in [-0.05, 0) is 13.8 Å². The summed E-state index contributed by atoms with van der Waals surface area (Å²) in [6.07, 6.45) is 0.470. The highest BCUT2D eigenvalue weighted by molar-refractivity contribution is 5.20. The zero-order valence-corrected chi connectivity index (χ0v) is 10.7. The van der Waals surface area contributed by atoms with Crippen LogP contribution in [0.4, 0.5) is 0 Å². The van der Waals surface area contributed by atoms with Gasteiger partial charge in [0.05, 0.1) is 18.8 Å². The molecule has 0 aromatic rings. The van der Waals surface area contributed by atoms with Crippen molar-refractivity contribution < 1.29 is 23.7 Å². The molecule has 0 bridgehead atoms. The van der Waals surface area contributed by atoms with E-state index in [1.807, 2.05) is 19.9 Å². The minimum atomic E-state index is -0.673. The van der Waals surface area contributed by atoms with Crippen LogP contribution >= 0.6 is 0 Å². The van der Waals surface area contributed by atoms with E-state index in [1.54, 1.807) is 7.11 Å². The largest absolute Gasteiger partial charge is 0.486 e. The molecule has 2 saturated heterocycles. The molecule has 0 saturated carbocycles. The van der Waals surface area contributed by atoms with Crippen molar-refractivity contribution in [2.45, 2.75) is 37.9 Å². The molecule has 0 spiro atoms. The van der Waals surface area contributed by atoms with Gasteiger partial charge in [-0.2, -0.15) is 5.26 Å². The standard InChI is InChI=1S/C12H17NO5/c1-12(2)17-10-8(4-5-13)16-9(11(10)18-12)6-15-7-14-3/h4,9-11H,6-7H2,1-3H3/b8-4-/t9-,10+,11-/m1/s1. The molecule has 0 aromatic carbocycles. The third kappa shape index (κ3) is 2.65. The minimum absolute atomic E-state index is 0.193. The molecule has 100 valence electrons. The predicted octanol–water partition coefficient (Wildman–Crippen LogP) is 0.933. The Morgan fingerprint density at radius 3 is 2.89 bits per heavy atom. The summed E-state index contributed by atoms with van der Waals surface area (Å²) in [4.78, 5) is 0. The summed E-state index contributed by atoms with van der Waals surface area (Å²) in [5.74, 6) is -0.174. The first-order chi connectivity index (χ1) is 8.57. The molecule has 3 atom stereocenters. The molecule has 0 unspecified atom stereocenters. The van der Waals surface area contributed by atoms with Gasteiger partial charge in [-0.1, -0.05) is 0 Å². The van der Waals surface area contributed by atoms with Gasteiger partial charge in [0.1, 0.15) is 24.8 Å². The maximum absolute atomic E-state index is 8.72. The van der Waals surface area contributed by atoms with E-state index in [-0.39, 0.29) is 25.1 Å². The second-order valence-electron chi connectivity index (χ2n) is 4.63. The summed E-state index contributed by atoms with van der Waals surface area (Å²) in [5.41, 5.74) is 0. The number of methoxy groups -OCH3 is 1. The van der Waals surface area contributed by atoms with Crippen LogP contribution in [-0.2, 0) is 23.7 Å². The SMILES string of the molecule is COCOC[C@H]1O/C(=C\C#N)[C@@H]2OC(C)(C)O[C@H]12. The molecule has 0 aliphatic carbocycles. The molecule has 0 amide bonds. The molecule has 0 N–H and O–H groups in total. The second-order valence-corrected chi connectivity index (χ2v) is 4.63. The van der Waals surface area contributed by atoms with E-state index >= 15 is 0 Å². The summed E-state index contributed by atoms with van der Waals surface area (Å²) in [5, 5.41) is 8.72. The van der Waals surface area contributed by atoms with Crippen LogP contribution < -0.4 is 0 Å². The Kier molecular flexibility index (Phi) is 3.88. The van der Waals surface area contributed by atoms with Crippen molar-refractivity contribution in [3.05, 3.63) is 11.8 Å². The van der Waals surface area contributed by atoms with Gasteiger partial charge >= 0.3 is 0 Å². The van der Waals surface area contributed by atoms with E-state index in [1.165, 1.54) is 6.08 Å². The summed E-state index contributed by atoms with van der Waals surface area (Å²) < 4.78 is 27.2. The van der Waals surface area contributed by atoms with Crippen LogP contribution in [0, 0.1) is 11.3 Å². The molecule has 2 aliphatic heterocycles. The first kappa shape index (κ1) is 13.3. The van der Waals surface area contributed by atoms with Gasteiger partial charge in [0, 0.05) is 7.11 Å². The maximum Gasteiger partial charge on any atom is 0.164 e. The molecule has 2 heterocycles. The number of rotatable bonds is 4. The van der Waals surface area contributed by atoms with E-state index in [0.29, 0.717) is 12.4 Å². The minimum Gasteiger partial charge on any atom is -0.486 e. The normalized spacial score (nSPS) is 35.2. The number of hydrogen-bond donors (Lipinski definition) is 0. The molecule has 0 aromatic heterocycles. The number of nitriles is 1. The zero-order chi connectivity index (χ0) is 13.2. The van der Waals surface area contributed by atoms with E-state index in [4.69, 9.17) is 28.9 Å². The van der Waals surface area contributed by atoms with Crippen molar-refractivity contribution in [1.29, 1.82) is 5.26 Å². The van der Waals surface area contributed by atoms with Gasteiger partial charge in [0.25, 0.3) is 0 Å². The van der Waals surface area contributed by atoms with Crippen molar-refractivity contribution in [2.24, 2.45) is 0 Å². The van der Waals surface area contributed by atoms with E-state index in [9.17, 15) is 0 Å². The monoisotopic (exact) mass is 255 g/mol. The van der Waals surface area contributed by atoms with Crippen LogP contribution in [0.1, 0.15) is 13.8 Å². The molecular formula is C12H17NO5. The van der Waals surface area contributed by atoms with Crippen molar-refractivity contribution in [1.82, 2.24) is 0 Å². The summed E-state index contributed by atoms with van der Waals surface area (Å²) in [6, 6.07) is 1.95. The summed E-state index contributed by atoms with van der Waals surface area (Å²) >= 11 is 0. The predicted molar refractivity (Wildman–Crippen MR) is 60.2 cm³/mol. The summed E-state index contributed by atoms with van der Waals surface area (Å²) in [6.45, 7) is 4.20. The van der Waals surface area contributed by atoms with E-state index in [0.717, 1.165) is 0 Å². The Labute approximate surface area is 106 Å². The van der Waals surface area contributed by atoms with E-state index in [2.05, 4.69) is 0 Å². The second kappa shape index (κ2) is 5.24. The van der Waals surface area contributed by atoms with Crippen LogP contribution in [-0.4, -0.2) is 44.6 Å². The molecule has 0 radical (unpaired) electrons. The van der Waals surface area contributed by atoms with Crippen LogP contribution in [0.25, 0.3) is 0 Å². The fourth-order valence-corrected chi connectivity index (χ4v) is 2.15. The molecule has 2 fully saturated rings. The third-order valence-electron chi connectivity index (χ3n) is 2.75. The third-order valence-corrected chi connectivity index (χ3v) is 2.75. The van der Waals surface area contributed by atoms with Gasteiger partial charge < -0.3 is 23.7 Å². The quantitative estimate of drug-likeness (QED) is 0.423. The maximum atomic E-state index is 8.72. The first-order valence-corrected chi connectivity index (χ1v) is 5.76. The topological polar surface area (TPSA) is 69.9 Å². The number of nitrogens with zero attached hydrogens (tertiary/aromatic N) is 1. The van der Waals surface area contributed by atoms with E-state index < -0.39 is 5.79 Å². The lowest BCUT2D eigenvalue weighted by Gasteiger charge is -2.22. The molecule has 6 heteroatoms. The highest BCUT2D eigenvalue weighted by atomic mass is 16.8. The Morgan fingerprint density at radius 2 is 2.22 bits per heavy atom. The smallest absolute Gasteiger partial charge is 0.164 e. The molecule has 2 rings (SSSR count). The van der Waals surface area contributed by atoms with Gasteiger partial charge in [-0.25, -0.2) is 0 Å². The number of fused-ring (bicyclic) bond motifs is 1. The van der Waals surface area contributed by atoms with Crippen LogP contribution in [0.3, 0.4) is 0 Å². The average molecular weight is 255 g/mol. The lowest BCUT2D eigenvalue weighted by atomic mass is 10.1. The number of allylic oxidation sites excluding steroid dienone is 1. The van der Waals surface area contributed by atoms with Crippen LogP contribution in [0.15, 0.2) is 11.8 Å². The Hall–Kier alpha value is -1.13. The van der Waals surface area contributed by atoms with Crippen molar-refractivity contribution in [2.75, 3.05) is 20.5 Å². The number of ether oxygens (including phenoxy) is 5. The average Bonchev–Trinajstić information content (AvgIpc) is 2.76. The highest BCUT2D eigenvalue weighted by Gasteiger charge is 2.53. The molecule has 6 nitrogen and oxygen atoms in total. The Bertz CT molecular complexity index is 373. The van der Waals surface area contributed by atoms with Gasteiger partial charge in [-0.3, -0.25) is 0 Å². The highest BCUT2D eigenvalue weighted by Crippen LogP contribution is 2.40. The Morgan fingerprint density at radius 1 is 1.44 bits per heavy atom. The van der Waals surface area contributed by atoms with Crippen LogP contribution in [0.5, 0.6) is 0 Å². The van der Waals surface area contributed by atoms with Gasteiger partial charge in [-0.15, -0.1) is 0 Å². The fourth-order valence-electron chi connectivity index (χ4n) is 2.15. The van der Waals surface area contributed by atoms with Gasteiger partial charge in [0.15, 0.2) is 11.9 Å². The van der Waals surface area contributed by atoms with Crippen molar-refractivity contribution in [3.63, 3.8) is 0 Å². The molecular weight excluding hydrogens is 238 g/mol. The Balaban J connectivity index is 2.05. The first-order valence-electron chi connectivity index (χ1n) is 5.76. The molecule has 2 aliphatic rings. The molecule has 18 heavy (non-hydrogen) atoms. The van der Waals surface area contributed by atoms with Crippen LogP contribution in [0.2, 0.25) is 0 Å². The lowest BCUT2D eigenvalue weighted by molar-refractivity contribution is -0.174. The number of hydrogen-bond acceptors (Lipinski definition) is 6. The fraction of sp³-hybridized carbons (Fsp3) is 0.750. The van der Waals surface area contributed by atoms with Gasteiger partial charge in [0.2, 0.25) is 0 Å². The summed E-state index contributed by atoms with van der Waals surface area (Å²) in [7, 11) is 1.55. The van der Waals surface area contributed by atoms with Crippen molar-refractivity contribution >= 4 is 0 Å². The zero-order valence-electron chi connectivity index (χ0n) is 10.7. The van der Waals surface area contributed by atoms with Crippen molar-refractivity contribution in [3.8, 4) is 6.07 Å². The lowest BCUT2D eigenvalue weighted by Crippen LogP contribution is -2.33.